The molecule has 1 fully saturated rings. The minimum Gasteiger partial charge on any atom is -0.444 e. The lowest BCUT2D eigenvalue weighted by atomic mass is 10.00. The molecule has 0 spiro atoms. The fourth-order valence-corrected chi connectivity index (χ4v) is 2.97. The van der Waals surface area contributed by atoms with Crippen LogP contribution in [0, 0.1) is 11.8 Å². The maximum absolute atomic E-state index is 11.7. The summed E-state index contributed by atoms with van der Waals surface area (Å²) in [4.78, 5) is 11.7. The highest BCUT2D eigenvalue weighted by molar-refractivity contribution is 5.67. The smallest absolute Gasteiger partial charge is 0.407 e. The molecule has 2 unspecified atom stereocenters. The summed E-state index contributed by atoms with van der Waals surface area (Å²) in [6.07, 6.45) is 5.83. The molecular formula is C17H34N2O2. The lowest BCUT2D eigenvalue weighted by Gasteiger charge is -2.25. The van der Waals surface area contributed by atoms with Gasteiger partial charge >= 0.3 is 6.09 Å². The molecule has 1 amide bonds. The SMILES string of the molecule is CCC(CC)CNC1CCCC1CNC(=O)OC(C)(C)C. The second kappa shape index (κ2) is 8.62. The van der Waals surface area contributed by atoms with Crippen molar-refractivity contribution in [2.75, 3.05) is 13.1 Å². The van der Waals surface area contributed by atoms with E-state index < -0.39 is 5.60 Å². The van der Waals surface area contributed by atoms with E-state index in [1.807, 2.05) is 20.8 Å². The summed E-state index contributed by atoms with van der Waals surface area (Å²) < 4.78 is 5.30. The molecule has 0 aromatic rings. The van der Waals surface area contributed by atoms with Gasteiger partial charge < -0.3 is 15.4 Å². The second-order valence-corrected chi connectivity index (χ2v) is 7.27. The molecule has 4 heteroatoms. The molecule has 1 aliphatic carbocycles. The molecule has 0 bridgehead atoms. The molecule has 0 aromatic heterocycles. The van der Waals surface area contributed by atoms with Gasteiger partial charge in [0.2, 0.25) is 0 Å². The van der Waals surface area contributed by atoms with Crippen LogP contribution in [-0.4, -0.2) is 30.8 Å². The van der Waals surface area contributed by atoms with Gasteiger partial charge in [0.05, 0.1) is 0 Å². The van der Waals surface area contributed by atoms with Crippen molar-refractivity contribution in [3.8, 4) is 0 Å². The molecule has 4 nitrogen and oxygen atoms in total. The average molecular weight is 298 g/mol. The van der Waals surface area contributed by atoms with Crippen LogP contribution in [0.15, 0.2) is 0 Å². The Bertz CT molecular complexity index is 308. The van der Waals surface area contributed by atoms with Crippen molar-refractivity contribution in [1.29, 1.82) is 0 Å². The highest BCUT2D eigenvalue weighted by Gasteiger charge is 2.28. The van der Waals surface area contributed by atoms with Crippen LogP contribution in [-0.2, 0) is 4.74 Å². The van der Waals surface area contributed by atoms with Crippen molar-refractivity contribution in [3.63, 3.8) is 0 Å². The quantitative estimate of drug-likeness (QED) is 0.753. The summed E-state index contributed by atoms with van der Waals surface area (Å²) in [6.45, 7) is 12.0. The molecule has 0 radical (unpaired) electrons. The molecule has 1 saturated carbocycles. The lowest BCUT2D eigenvalue weighted by Crippen LogP contribution is -2.42. The summed E-state index contributed by atoms with van der Waals surface area (Å²) in [5.41, 5.74) is -0.424. The van der Waals surface area contributed by atoms with Gasteiger partial charge in [0.1, 0.15) is 5.60 Å². The fraction of sp³-hybridized carbons (Fsp3) is 0.941. The molecule has 2 atom stereocenters. The highest BCUT2D eigenvalue weighted by Crippen LogP contribution is 2.25. The molecule has 2 N–H and O–H groups in total. The van der Waals surface area contributed by atoms with Gasteiger partial charge in [0.25, 0.3) is 0 Å². The van der Waals surface area contributed by atoms with Crippen molar-refractivity contribution in [3.05, 3.63) is 0 Å². The van der Waals surface area contributed by atoms with E-state index in [9.17, 15) is 4.79 Å². The first-order chi connectivity index (χ1) is 9.85. The normalized spacial score (nSPS) is 22.6. The molecule has 124 valence electrons. The van der Waals surface area contributed by atoms with Crippen LogP contribution in [0.2, 0.25) is 0 Å². The number of ether oxygens (including phenoxy) is 1. The third-order valence-electron chi connectivity index (χ3n) is 4.39. The Kier molecular flexibility index (Phi) is 7.50. The first-order valence-electron chi connectivity index (χ1n) is 8.56. The van der Waals surface area contributed by atoms with Crippen molar-refractivity contribution >= 4 is 6.09 Å². The summed E-state index contributed by atoms with van der Waals surface area (Å²) in [6, 6.07) is 0.542. The Morgan fingerprint density at radius 3 is 2.48 bits per heavy atom. The Labute approximate surface area is 130 Å². The van der Waals surface area contributed by atoms with Crippen LogP contribution in [0.4, 0.5) is 4.79 Å². The van der Waals surface area contributed by atoms with Crippen LogP contribution in [0.1, 0.15) is 66.7 Å². The van der Waals surface area contributed by atoms with E-state index in [1.165, 1.54) is 32.1 Å². The van der Waals surface area contributed by atoms with Gasteiger partial charge in [-0.15, -0.1) is 0 Å². The zero-order valence-electron chi connectivity index (χ0n) is 14.5. The fourth-order valence-electron chi connectivity index (χ4n) is 2.97. The first kappa shape index (κ1) is 18.3. The van der Waals surface area contributed by atoms with E-state index in [4.69, 9.17) is 4.74 Å². The summed E-state index contributed by atoms with van der Waals surface area (Å²) in [7, 11) is 0. The molecule has 0 aromatic carbocycles. The third kappa shape index (κ3) is 7.16. The van der Waals surface area contributed by atoms with Crippen LogP contribution in [0.5, 0.6) is 0 Å². The summed E-state index contributed by atoms with van der Waals surface area (Å²) in [5.74, 6) is 1.30. The molecular weight excluding hydrogens is 264 g/mol. The lowest BCUT2D eigenvalue weighted by molar-refractivity contribution is 0.0517. The van der Waals surface area contributed by atoms with Crippen molar-refractivity contribution < 1.29 is 9.53 Å². The standard InChI is InChI=1S/C17H34N2O2/c1-6-13(7-2)11-18-15-10-8-9-14(15)12-19-16(20)21-17(3,4)5/h13-15,18H,6-12H2,1-5H3,(H,19,20). The van der Waals surface area contributed by atoms with E-state index >= 15 is 0 Å². The highest BCUT2D eigenvalue weighted by atomic mass is 16.6. The monoisotopic (exact) mass is 298 g/mol. The number of hydrogen-bond acceptors (Lipinski definition) is 3. The minimum atomic E-state index is -0.424. The number of alkyl carbamates (subject to hydrolysis) is 1. The van der Waals surface area contributed by atoms with Crippen LogP contribution in [0.3, 0.4) is 0 Å². The first-order valence-corrected chi connectivity index (χ1v) is 8.56. The topological polar surface area (TPSA) is 50.4 Å². The van der Waals surface area contributed by atoms with Gasteiger partial charge in [0, 0.05) is 12.6 Å². The molecule has 21 heavy (non-hydrogen) atoms. The maximum Gasteiger partial charge on any atom is 0.407 e. The Balaban J connectivity index is 2.31. The van der Waals surface area contributed by atoms with Crippen LogP contribution >= 0.6 is 0 Å². The zero-order valence-corrected chi connectivity index (χ0v) is 14.5. The minimum absolute atomic E-state index is 0.298. The molecule has 1 aliphatic rings. The van der Waals surface area contributed by atoms with Crippen LogP contribution in [0.25, 0.3) is 0 Å². The molecule has 0 aliphatic heterocycles. The predicted octanol–water partition coefficient (Wildman–Crippen LogP) is 3.71. The van der Waals surface area contributed by atoms with E-state index in [2.05, 4.69) is 24.5 Å². The van der Waals surface area contributed by atoms with Gasteiger partial charge in [-0.25, -0.2) is 4.79 Å². The van der Waals surface area contributed by atoms with E-state index in [1.54, 1.807) is 0 Å². The number of rotatable bonds is 7. The largest absolute Gasteiger partial charge is 0.444 e. The number of amides is 1. The van der Waals surface area contributed by atoms with E-state index in [-0.39, 0.29) is 6.09 Å². The molecule has 0 saturated heterocycles. The van der Waals surface area contributed by atoms with E-state index in [0.29, 0.717) is 12.0 Å². The Morgan fingerprint density at radius 1 is 1.24 bits per heavy atom. The average Bonchev–Trinajstić information content (AvgIpc) is 2.83. The molecule has 1 rings (SSSR count). The molecule has 0 heterocycles. The van der Waals surface area contributed by atoms with Gasteiger partial charge in [-0.2, -0.15) is 0 Å². The van der Waals surface area contributed by atoms with Gasteiger partial charge in [0.15, 0.2) is 0 Å². The predicted molar refractivity (Wildman–Crippen MR) is 87.4 cm³/mol. The number of carbonyl (C=O) groups excluding carboxylic acids is 1. The third-order valence-corrected chi connectivity index (χ3v) is 4.39. The summed E-state index contributed by atoms with van der Waals surface area (Å²) in [5, 5.41) is 6.64. The van der Waals surface area contributed by atoms with Crippen molar-refractivity contribution in [2.24, 2.45) is 11.8 Å². The van der Waals surface area contributed by atoms with Crippen molar-refractivity contribution in [2.45, 2.75) is 78.4 Å². The van der Waals surface area contributed by atoms with Gasteiger partial charge in [-0.3, -0.25) is 0 Å². The number of carbonyl (C=O) groups is 1. The summed E-state index contributed by atoms with van der Waals surface area (Å²) >= 11 is 0. The Morgan fingerprint density at radius 2 is 1.90 bits per heavy atom. The van der Waals surface area contributed by atoms with Gasteiger partial charge in [-0.1, -0.05) is 33.1 Å². The van der Waals surface area contributed by atoms with E-state index in [0.717, 1.165) is 19.0 Å². The number of nitrogens with one attached hydrogen (secondary N) is 2. The number of hydrogen-bond donors (Lipinski definition) is 2. The van der Waals surface area contributed by atoms with Crippen LogP contribution < -0.4 is 10.6 Å². The second-order valence-electron chi connectivity index (χ2n) is 7.27. The van der Waals surface area contributed by atoms with Gasteiger partial charge in [-0.05, 0) is 52.0 Å². The van der Waals surface area contributed by atoms with Crippen molar-refractivity contribution in [1.82, 2.24) is 10.6 Å². The Hall–Kier alpha value is -0.770. The zero-order chi connectivity index (χ0) is 15.9. The maximum atomic E-state index is 11.7.